The second-order valence-electron chi connectivity index (χ2n) is 22.7. The van der Waals surface area contributed by atoms with Crippen LogP contribution in [-0.2, 0) is 28.6 Å². The molecule has 0 saturated carbocycles. The van der Waals surface area contributed by atoms with E-state index in [1.54, 1.807) is 0 Å². The third kappa shape index (κ3) is 66.8. The highest BCUT2D eigenvalue weighted by atomic mass is 16.6. The van der Waals surface area contributed by atoms with E-state index in [1.165, 1.54) is 199 Å². The number of allylic oxidation sites excluding steroid dienone is 18. The van der Waals surface area contributed by atoms with Crippen LogP contribution >= 0.6 is 0 Å². The Morgan fingerprint density at radius 2 is 0.506 bits per heavy atom. The van der Waals surface area contributed by atoms with Gasteiger partial charge in [-0.25, -0.2) is 0 Å². The van der Waals surface area contributed by atoms with Crippen molar-refractivity contribution in [3.05, 3.63) is 109 Å². The first-order chi connectivity index (χ1) is 40.0. The maximum Gasteiger partial charge on any atom is 0.306 e. The van der Waals surface area contributed by atoms with Crippen LogP contribution in [0.1, 0.15) is 329 Å². The molecule has 1 unspecified atom stereocenters. The summed E-state index contributed by atoms with van der Waals surface area (Å²) in [4.78, 5) is 38.4. The summed E-state index contributed by atoms with van der Waals surface area (Å²) in [7, 11) is 0. The molecule has 0 radical (unpaired) electrons. The van der Waals surface area contributed by atoms with E-state index in [9.17, 15) is 14.4 Å². The van der Waals surface area contributed by atoms with Crippen LogP contribution in [-0.4, -0.2) is 37.2 Å². The average molecular weight is 1130 g/mol. The molecule has 0 aliphatic rings. The van der Waals surface area contributed by atoms with Crippen molar-refractivity contribution in [1.29, 1.82) is 0 Å². The molecule has 0 aliphatic heterocycles. The molecule has 6 nitrogen and oxygen atoms in total. The van der Waals surface area contributed by atoms with Crippen molar-refractivity contribution >= 4 is 17.9 Å². The molecule has 0 bridgehead atoms. The molecule has 0 aromatic heterocycles. The summed E-state index contributed by atoms with van der Waals surface area (Å²) in [5.41, 5.74) is 0. The second-order valence-corrected chi connectivity index (χ2v) is 22.7. The number of carbonyl (C=O) groups is 3. The zero-order valence-electron chi connectivity index (χ0n) is 53.3. The van der Waals surface area contributed by atoms with Gasteiger partial charge in [0.15, 0.2) is 6.10 Å². The number of esters is 3. The number of hydrogen-bond donors (Lipinski definition) is 0. The highest BCUT2D eigenvalue weighted by molar-refractivity contribution is 5.71. The molecule has 1 atom stereocenters. The van der Waals surface area contributed by atoms with Crippen LogP contribution in [0.15, 0.2) is 109 Å². The lowest BCUT2D eigenvalue weighted by atomic mass is 10.0. The normalized spacial score (nSPS) is 12.8. The maximum atomic E-state index is 13.0. The molecule has 0 amide bonds. The van der Waals surface area contributed by atoms with Gasteiger partial charge in [-0.2, -0.15) is 0 Å². The Balaban J connectivity index is 4.46. The molecule has 0 N–H and O–H groups in total. The van der Waals surface area contributed by atoms with Gasteiger partial charge in [-0.15, -0.1) is 0 Å². The minimum absolute atomic E-state index is 0.103. The predicted molar refractivity (Wildman–Crippen MR) is 353 cm³/mol. The summed E-state index contributed by atoms with van der Waals surface area (Å²) < 4.78 is 16.9. The summed E-state index contributed by atoms with van der Waals surface area (Å²) in [6.07, 6.45) is 94.0. The molecule has 0 saturated heterocycles. The van der Waals surface area contributed by atoms with Gasteiger partial charge in [0.1, 0.15) is 13.2 Å². The van der Waals surface area contributed by atoms with Crippen LogP contribution in [0.2, 0.25) is 0 Å². The number of ether oxygens (including phenoxy) is 3. The van der Waals surface area contributed by atoms with Gasteiger partial charge in [-0.1, -0.05) is 304 Å². The number of rotatable bonds is 62. The van der Waals surface area contributed by atoms with Crippen LogP contribution in [0, 0.1) is 0 Å². The fourth-order valence-electron chi connectivity index (χ4n) is 9.61. The molecule has 0 aliphatic carbocycles. The van der Waals surface area contributed by atoms with E-state index >= 15 is 0 Å². The SMILES string of the molecule is CC/C=C\C/C=C\C/C=C\C/C=C\C/C=C\C/C=C\CCC(=O)OCC(COC(=O)CCCCCCCCCCCCC/C=C\C/C=C\CCCCCCC)OC(=O)CCCCCCCCCCC/C=C\CCCCCCCCCC. The Bertz CT molecular complexity index is 1620. The van der Waals surface area contributed by atoms with Gasteiger partial charge in [0.2, 0.25) is 0 Å². The third-order valence-corrected chi connectivity index (χ3v) is 14.7. The van der Waals surface area contributed by atoms with Gasteiger partial charge < -0.3 is 14.2 Å². The van der Waals surface area contributed by atoms with Crippen molar-refractivity contribution in [2.45, 2.75) is 335 Å². The lowest BCUT2D eigenvalue weighted by Gasteiger charge is -2.18. The predicted octanol–water partition coefficient (Wildman–Crippen LogP) is 23.8. The van der Waals surface area contributed by atoms with Crippen molar-refractivity contribution in [3.63, 3.8) is 0 Å². The van der Waals surface area contributed by atoms with Gasteiger partial charge in [-0.05, 0) is 116 Å². The van der Waals surface area contributed by atoms with Crippen LogP contribution in [0.3, 0.4) is 0 Å². The average Bonchev–Trinajstić information content (AvgIpc) is 3.47. The largest absolute Gasteiger partial charge is 0.462 e. The monoisotopic (exact) mass is 1120 g/mol. The third-order valence-electron chi connectivity index (χ3n) is 14.7. The van der Waals surface area contributed by atoms with Crippen molar-refractivity contribution < 1.29 is 28.6 Å². The second kappa shape index (κ2) is 68.6. The van der Waals surface area contributed by atoms with E-state index in [-0.39, 0.29) is 37.5 Å². The summed E-state index contributed by atoms with van der Waals surface area (Å²) in [6.45, 7) is 6.48. The Morgan fingerprint density at radius 1 is 0.259 bits per heavy atom. The number of hydrogen-bond acceptors (Lipinski definition) is 6. The fourth-order valence-corrected chi connectivity index (χ4v) is 9.61. The Morgan fingerprint density at radius 3 is 0.840 bits per heavy atom. The Labute approximate surface area is 501 Å². The lowest BCUT2D eigenvalue weighted by molar-refractivity contribution is -0.166. The maximum absolute atomic E-state index is 13.0. The summed E-state index contributed by atoms with van der Waals surface area (Å²) >= 11 is 0. The smallest absolute Gasteiger partial charge is 0.306 e. The van der Waals surface area contributed by atoms with Crippen molar-refractivity contribution in [2.24, 2.45) is 0 Å². The van der Waals surface area contributed by atoms with Crippen LogP contribution in [0.5, 0.6) is 0 Å². The van der Waals surface area contributed by atoms with Crippen LogP contribution in [0.25, 0.3) is 0 Å². The zero-order chi connectivity index (χ0) is 58.5. The van der Waals surface area contributed by atoms with Crippen LogP contribution in [0.4, 0.5) is 0 Å². The molecular weight excluding hydrogens is 997 g/mol. The molecule has 0 rings (SSSR count). The molecule has 0 aromatic carbocycles. The zero-order valence-corrected chi connectivity index (χ0v) is 53.3. The first kappa shape index (κ1) is 77.1. The minimum atomic E-state index is -0.814. The van der Waals surface area contributed by atoms with Crippen LogP contribution < -0.4 is 0 Å². The summed E-state index contributed by atoms with van der Waals surface area (Å²) in [6, 6.07) is 0. The van der Waals surface area contributed by atoms with E-state index < -0.39 is 6.10 Å². The highest BCUT2D eigenvalue weighted by Gasteiger charge is 2.19. The standard InChI is InChI=1S/C75H128O6/c1-4-7-10-13-16-19-22-25-28-31-34-36-37-39-41-44-47-50-53-56-59-62-65-68-74(77)80-71-72(70-79-73(76)67-64-61-58-55-52-49-46-43-40-33-30-27-24-21-18-15-12-9-6-3)81-75(78)69-66-63-60-57-54-51-48-45-42-38-35-32-29-26-23-20-17-14-11-8-5-2/h9,12,18,21-22,25,27,30-32,34-35,40,43,49,52,58,61,72H,4-8,10-11,13-17,19-20,23-24,26,28-29,33,36-39,41-42,44-48,50-51,53-57,59-60,62-71H2,1-3H3/b12-9-,21-18-,25-22-,30-27-,34-31-,35-32-,43-40-,52-49-,61-58-. The molecule has 81 heavy (non-hydrogen) atoms. The van der Waals surface area contributed by atoms with Gasteiger partial charge in [-0.3, -0.25) is 14.4 Å². The Kier molecular flexibility index (Phi) is 65.2. The fraction of sp³-hybridized carbons (Fsp3) is 0.720. The minimum Gasteiger partial charge on any atom is -0.462 e. The molecule has 0 aromatic rings. The lowest BCUT2D eigenvalue weighted by Crippen LogP contribution is -2.30. The van der Waals surface area contributed by atoms with E-state index in [0.717, 1.165) is 83.5 Å². The van der Waals surface area contributed by atoms with Gasteiger partial charge in [0, 0.05) is 19.3 Å². The quantitative estimate of drug-likeness (QED) is 0.0261. The van der Waals surface area contributed by atoms with Gasteiger partial charge in [0.05, 0.1) is 0 Å². The molecule has 6 heteroatoms. The summed E-state index contributed by atoms with van der Waals surface area (Å²) in [5, 5.41) is 0. The van der Waals surface area contributed by atoms with E-state index in [2.05, 4.69) is 124 Å². The highest BCUT2D eigenvalue weighted by Crippen LogP contribution is 2.16. The molecular formula is C75H128O6. The van der Waals surface area contributed by atoms with E-state index in [0.29, 0.717) is 19.3 Å². The number of unbranched alkanes of at least 4 members (excludes halogenated alkanes) is 33. The molecule has 0 fully saturated rings. The van der Waals surface area contributed by atoms with E-state index in [4.69, 9.17) is 14.2 Å². The van der Waals surface area contributed by atoms with Gasteiger partial charge in [0.25, 0.3) is 0 Å². The van der Waals surface area contributed by atoms with Crippen molar-refractivity contribution in [2.75, 3.05) is 13.2 Å². The first-order valence-electron chi connectivity index (χ1n) is 34.4. The van der Waals surface area contributed by atoms with Crippen molar-refractivity contribution in [3.8, 4) is 0 Å². The molecule has 0 heterocycles. The van der Waals surface area contributed by atoms with E-state index in [1.807, 2.05) is 6.08 Å². The molecule has 0 spiro atoms. The summed E-state index contributed by atoms with van der Waals surface area (Å²) in [5.74, 6) is -0.983. The van der Waals surface area contributed by atoms with Gasteiger partial charge >= 0.3 is 17.9 Å². The van der Waals surface area contributed by atoms with Crippen molar-refractivity contribution in [1.82, 2.24) is 0 Å². The topological polar surface area (TPSA) is 78.9 Å². The molecule has 464 valence electrons. The number of carbonyl (C=O) groups excluding carboxylic acids is 3. The first-order valence-corrected chi connectivity index (χ1v) is 34.4. The Hall–Kier alpha value is -3.93.